The van der Waals surface area contributed by atoms with Gasteiger partial charge in [-0.1, -0.05) is 50.7 Å². The molecule has 0 radical (unpaired) electrons. The number of carbonyl (C=O) groups excluding carboxylic acids is 1. The summed E-state index contributed by atoms with van der Waals surface area (Å²) in [7, 11) is 1.63. The van der Waals surface area contributed by atoms with Crippen molar-refractivity contribution < 1.29 is 9.53 Å². The van der Waals surface area contributed by atoms with Gasteiger partial charge in [-0.25, -0.2) is 0 Å². The lowest BCUT2D eigenvalue weighted by molar-refractivity contribution is -0.113. The van der Waals surface area contributed by atoms with Crippen molar-refractivity contribution in [1.29, 1.82) is 0 Å². The molecule has 1 amide bonds. The Kier molecular flexibility index (Phi) is 6.98. The first-order valence-electron chi connectivity index (χ1n) is 10.9. The van der Waals surface area contributed by atoms with Gasteiger partial charge in [0.2, 0.25) is 5.91 Å². The lowest BCUT2D eigenvalue weighted by Gasteiger charge is -2.23. The van der Waals surface area contributed by atoms with E-state index in [9.17, 15) is 4.79 Å². The van der Waals surface area contributed by atoms with Gasteiger partial charge in [-0.15, -0.1) is 10.2 Å². The molecule has 4 rings (SSSR count). The molecule has 174 valence electrons. The van der Waals surface area contributed by atoms with E-state index in [-0.39, 0.29) is 17.1 Å². The van der Waals surface area contributed by atoms with Crippen molar-refractivity contribution in [2.24, 2.45) is 0 Å². The van der Waals surface area contributed by atoms with Crippen molar-refractivity contribution in [3.8, 4) is 22.8 Å². The minimum absolute atomic E-state index is 0.0784. The molecular formula is C26H27N5O2S. The van der Waals surface area contributed by atoms with E-state index in [0.717, 1.165) is 28.3 Å². The highest BCUT2D eigenvalue weighted by Gasteiger charge is 2.20. The van der Waals surface area contributed by atoms with Crippen LogP contribution in [0.25, 0.3) is 17.1 Å². The molecule has 2 aromatic carbocycles. The van der Waals surface area contributed by atoms with Gasteiger partial charge in [-0.05, 0) is 53.4 Å². The van der Waals surface area contributed by atoms with Crippen LogP contribution in [-0.4, -0.2) is 38.5 Å². The third-order valence-electron chi connectivity index (χ3n) is 5.24. The third-order valence-corrected chi connectivity index (χ3v) is 6.17. The van der Waals surface area contributed by atoms with Crippen LogP contribution >= 0.6 is 11.8 Å². The number of carbonyl (C=O) groups is 1. The second kappa shape index (κ2) is 10.1. The fourth-order valence-corrected chi connectivity index (χ4v) is 4.33. The van der Waals surface area contributed by atoms with Gasteiger partial charge in [0.25, 0.3) is 0 Å². The molecule has 0 atom stereocenters. The normalized spacial score (nSPS) is 11.3. The van der Waals surface area contributed by atoms with Crippen LogP contribution in [0.4, 0.5) is 5.69 Å². The number of aromatic nitrogens is 4. The van der Waals surface area contributed by atoms with E-state index in [1.807, 2.05) is 65.2 Å². The van der Waals surface area contributed by atoms with Gasteiger partial charge in [-0.2, -0.15) is 0 Å². The minimum Gasteiger partial charge on any atom is -0.497 e. The maximum absolute atomic E-state index is 12.9. The number of pyridine rings is 1. The molecule has 2 aromatic heterocycles. The van der Waals surface area contributed by atoms with Crippen molar-refractivity contribution in [3.63, 3.8) is 0 Å². The molecule has 0 unspecified atom stereocenters. The van der Waals surface area contributed by atoms with Crippen molar-refractivity contribution in [1.82, 2.24) is 19.7 Å². The minimum atomic E-state index is -0.101. The molecule has 2 heterocycles. The number of hydrogen-bond donors (Lipinski definition) is 1. The standard InChI is InChI=1S/C26H27N5O2S/c1-26(2,3)21-7-5-6-8-22(21)28-23(32)17-34-25-30-29-24(18-13-15-27-16-14-18)31(25)19-9-11-20(33-4)12-10-19/h5-16H,17H2,1-4H3,(H,28,32). The van der Waals surface area contributed by atoms with E-state index in [4.69, 9.17) is 4.74 Å². The number of methoxy groups -OCH3 is 1. The van der Waals surface area contributed by atoms with Crippen LogP contribution < -0.4 is 10.1 Å². The van der Waals surface area contributed by atoms with Crippen LogP contribution in [0, 0.1) is 0 Å². The number of thioether (sulfide) groups is 1. The molecule has 0 saturated heterocycles. The maximum atomic E-state index is 12.9. The molecule has 7 nitrogen and oxygen atoms in total. The predicted octanol–water partition coefficient (Wildman–Crippen LogP) is 5.37. The van der Waals surface area contributed by atoms with Gasteiger partial charge in [0.15, 0.2) is 11.0 Å². The molecule has 0 fully saturated rings. The zero-order chi connectivity index (χ0) is 24.1. The van der Waals surface area contributed by atoms with Gasteiger partial charge < -0.3 is 10.1 Å². The lowest BCUT2D eigenvalue weighted by atomic mass is 9.86. The number of hydrogen-bond acceptors (Lipinski definition) is 6. The maximum Gasteiger partial charge on any atom is 0.234 e. The van der Waals surface area contributed by atoms with Crippen molar-refractivity contribution >= 4 is 23.4 Å². The molecule has 34 heavy (non-hydrogen) atoms. The first kappa shape index (κ1) is 23.5. The van der Waals surface area contributed by atoms with E-state index in [0.29, 0.717) is 11.0 Å². The van der Waals surface area contributed by atoms with Crippen molar-refractivity contribution in [2.75, 3.05) is 18.2 Å². The summed E-state index contributed by atoms with van der Waals surface area (Å²) in [5, 5.41) is 12.5. The van der Waals surface area contributed by atoms with Crippen LogP contribution in [0.15, 0.2) is 78.2 Å². The van der Waals surface area contributed by atoms with Crippen LogP contribution in [0.2, 0.25) is 0 Å². The molecule has 0 aliphatic rings. The average Bonchev–Trinajstić information content (AvgIpc) is 3.27. The average molecular weight is 474 g/mol. The molecule has 0 saturated carbocycles. The van der Waals surface area contributed by atoms with Crippen LogP contribution in [-0.2, 0) is 10.2 Å². The molecule has 0 aliphatic carbocycles. The Morgan fingerprint density at radius 1 is 1.00 bits per heavy atom. The second-order valence-corrected chi connectivity index (χ2v) is 9.65. The Labute approximate surface area is 203 Å². The highest BCUT2D eigenvalue weighted by atomic mass is 32.2. The summed E-state index contributed by atoms with van der Waals surface area (Å²) in [4.78, 5) is 17.0. The molecule has 1 N–H and O–H groups in total. The number of nitrogens with zero attached hydrogens (tertiary/aromatic N) is 4. The number of nitrogens with one attached hydrogen (secondary N) is 1. The number of benzene rings is 2. The first-order valence-corrected chi connectivity index (χ1v) is 11.9. The summed E-state index contributed by atoms with van der Waals surface area (Å²) in [6.45, 7) is 6.39. The number of ether oxygens (including phenoxy) is 1. The summed E-state index contributed by atoms with van der Waals surface area (Å²) < 4.78 is 7.23. The van der Waals surface area contributed by atoms with Crippen LogP contribution in [0.3, 0.4) is 0 Å². The smallest absolute Gasteiger partial charge is 0.234 e. The van der Waals surface area contributed by atoms with Gasteiger partial charge in [0.05, 0.1) is 12.9 Å². The summed E-state index contributed by atoms with van der Waals surface area (Å²) >= 11 is 1.34. The largest absolute Gasteiger partial charge is 0.497 e. The molecule has 0 spiro atoms. The fourth-order valence-electron chi connectivity index (χ4n) is 3.58. The van der Waals surface area contributed by atoms with Gasteiger partial charge in [-0.3, -0.25) is 14.3 Å². The molecule has 8 heteroatoms. The zero-order valence-corrected chi connectivity index (χ0v) is 20.5. The number of anilines is 1. The second-order valence-electron chi connectivity index (χ2n) is 8.71. The van der Waals surface area contributed by atoms with Gasteiger partial charge >= 0.3 is 0 Å². The van der Waals surface area contributed by atoms with Crippen LogP contribution in [0.5, 0.6) is 5.75 Å². The Hall–Kier alpha value is -3.65. The molecular weight excluding hydrogens is 446 g/mol. The Morgan fingerprint density at radius 2 is 1.71 bits per heavy atom. The zero-order valence-electron chi connectivity index (χ0n) is 19.6. The summed E-state index contributed by atoms with van der Waals surface area (Å²) in [6.07, 6.45) is 3.44. The Morgan fingerprint density at radius 3 is 2.38 bits per heavy atom. The lowest BCUT2D eigenvalue weighted by Crippen LogP contribution is -2.20. The molecule has 4 aromatic rings. The Bertz CT molecular complexity index is 1260. The number of para-hydroxylation sites is 1. The highest BCUT2D eigenvalue weighted by Crippen LogP contribution is 2.31. The quantitative estimate of drug-likeness (QED) is 0.364. The SMILES string of the molecule is COc1ccc(-n2c(SCC(=O)Nc3ccccc3C(C)(C)C)nnc2-c2ccncc2)cc1. The van der Waals surface area contributed by atoms with Gasteiger partial charge in [0, 0.05) is 29.3 Å². The number of amides is 1. The van der Waals surface area contributed by atoms with E-state index >= 15 is 0 Å². The molecule has 0 bridgehead atoms. The van der Waals surface area contributed by atoms with E-state index in [1.54, 1.807) is 19.5 Å². The number of rotatable bonds is 7. The predicted molar refractivity (Wildman–Crippen MR) is 136 cm³/mol. The van der Waals surface area contributed by atoms with Crippen LogP contribution in [0.1, 0.15) is 26.3 Å². The van der Waals surface area contributed by atoms with E-state index in [2.05, 4.69) is 41.3 Å². The van der Waals surface area contributed by atoms with E-state index in [1.165, 1.54) is 11.8 Å². The summed E-state index contributed by atoms with van der Waals surface area (Å²) in [5.74, 6) is 1.53. The third kappa shape index (κ3) is 5.28. The summed E-state index contributed by atoms with van der Waals surface area (Å²) in [5.41, 5.74) is 3.60. The highest BCUT2D eigenvalue weighted by molar-refractivity contribution is 7.99. The van der Waals surface area contributed by atoms with Crippen molar-refractivity contribution in [3.05, 3.63) is 78.6 Å². The summed E-state index contributed by atoms with van der Waals surface area (Å²) in [6, 6.07) is 19.3. The Balaban J connectivity index is 1.59. The van der Waals surface area contributed by atoms with Gasteiger partial charge in [0.1, 0.15) is 5.75 Å². The first-order chi connectivity index (χ1) is 16.4. The monoisotopic (exact) mass is 473 g/mol. The fraction of sp³-hybridized carbons (Fsp3) is 0.231. The van der Waals surface area contributed by atoms with E-state index < -0.39 is 0 Å². The van der Waals surface area contributed by atoms with Crippen molar-refractivity contribution in [2.45, 2.75) is 31.3 Å². The topological polar surface area (TPSA) is 81.9 Å². The molecule has 0 aliphatic heterocycles.